The van der Waals surface area contributed by atoms with Crippen LogP contribution in [0, 0.1) is 0 Å². The van der Waals surface area contributed by atoms with E-state index in [4.69, 9.17) is 16.4 Å². The van der Waals surface area contributed by atoms with Gasteiger partial charge in [-0.2, -0.15) is 0 Å². The monoisotopic (exact) mass is 386 g/mol. The molecule has 2 aromatic carbocycles. The second kappa shape index (κ2) is 8.01. The fourth-order valence-electron chi connectivity index (χ4n) is 2.66. The van der Waals surface area contributed by atoms with Crippen molar-refractivity contribution in [1.82, 2.24) is 0 Å². The van der Waals surface area contributed by atoms with Crippen LogP contribution in [0.2, 0.25) is 0 Å². The first-order chi connectivity index (χ1) is 13.0. The average Bonchev–Trinajstić information content (AvgIpc) is 2.93. The molecule has 1 aliphatic rings. The maximum atomic E-state index is 12.5. The van der Waals surface area contributed by atoms with E-state index in [2.05, 4.69) is 9.89 Å². The van der Waals surface area contributed by atoms with Crippen molar-refractivity contribution in [1.29, 1.82) is 0 Å². The lowest BCUT2D eigenvalue weighted by Crippen LogP contribution is -2.33. The number of anilines is 1. The standard InChI is InChI=1S/C19H15ClN2O5/c1-26-19(25)13-8-6-12(7-9-13)11-27-21-17-14-4-2-3-5-15(14)22(18(17)24)10-16(20)23/h2-9H,10-11H2,1H3/b21-17+. The highest BCUT2D eigenvalue weighted by Gasteiger charge is 2.35. The number of carbonyl (C=O) groups is 3. The van der Waals surface area contributed by atoms with Crippen LogP contribution < -0.4 is 4.90 Å². The molecule has 0 fully saturated rings. The highest BCUT2D eigenvalue weighted by molar-refractivity contribution is 6.65. The van der Waals surface area contributed by atoms with Gasteiger partial charge >= 0.3 is 5.97 Å². The Labute approximate surface area is 160 Å². The molecule has 0 aliphatic carbocycles. The first-order valence-electron chi connectivity index (χ1n) is 7.98. The Hall–Kier alpha value is -3.19. The van der Waals surface area contributed by atoms with Crippen LogP contribution in [0.5, 0.6) is 0 Å². The van der Waals surface area contributed by atoms with Crippen LogP contribution in [0.3, 0.4) is 0 Å². The summed E-state index contributed by atoms with van der Waals surface area (Å²) in [7, 11) is 1.31. The van der Waals surface area contributed by atoms with Crippen LogP contribution in [-0.2, 0) is 25.8 Å². The van der Waals surface area contributed by atoms with E-state index in [9.17, 15) is 14.4 Å². The van der Waals surface area contributed by atoms with Gasteiger partial charge in [-0.15, -0.1) is 0 Å². The van der Waals surface area contributed by atoms with Crippen molar-refractivity contribution < 1.29 is 24.0 Å². The summed E-state index contributed by atoms with van der Waals surface area (Å²) in [6.45, 7) is -0.139. The van der Waals surface area contributed by atoms with E-state index in [0.717, 1.165) is 5.56 Å². The normalized spacial score (nSPS) is 14.2. The zero-order valence-corrected chi connectivity index (χ0v) is 15.1. The molecule has 0 atom stereocenters. The minimum absolute atomic E-state index is 0.106. The van der Waals surface area contributed by atoms with Gasteiger partial charge in [0, 0.05) is 5.56 Å². The molecule has 0 saturated carbocycles. The average molecular weight is 387 g/mol. The second-order valence-corrected chi connectivity index (χ2v) is 6.09. The first-order valence-corrected chi connectivity index (χ1v) is 8.36. The van der Waals surface area contributed by atoms with Crippen LogP contribution in [0.4, 0.5) is 5.69 Å². The number of hydrogen-bond acceptors (Lipinski definition) is 6. The third-order valence-corrected chi connectivity index (χ3v) is 4.06. The highest BCUT2D eigenvalue weighted by Crippen LogP contribution is 2.29. The fraction of sp³-hybridized carbons (Fsp3) is 0.158. The summed E-state index contributed by atoms with van der Waals surface area (Å²) in [4.78, 5) is 41.8. The molecule has 0 N–H and O–H groups in total. The van der Waals surface area contributed by atoms with Gasteiger partial charge in [-0.25, -0.2) is 4.79 Å². The Balaban J connectivity index is 1.74. The number of benzene rings is 2. The molecule has 0 radical (unpaired) electrons. The summed E-state index contributed by atoms with van der Waals surface area (Å²) in [5, 5.41) is 3.30. The molecular formula is C19H15ClN2O5. The number of oxime groups is 1. The Morgan fingerprint density at radius 1 is 1.11 bits per heavy atom. The maximum Gasteiger partial charge on any atom is 0.337 e. The van der Waals surface area contributed by atoms with Crippen molar-refractivity contribution in [3.8, 4) is 0 Å². The summed E-state index contributed by atoms with van der Waals surface area (Å²) in [5.41, 5.74) is 2.42. The summed E-state index contributed by atoms with van der Waals surface area (Å²) in [5.74, 6) is -0.879. The summed E-state index contributed by atoms with van der Waals surface area (Å²) in [6, 6.07) is 13.6. The Morgan fingerprint density at radius 2 is 1.81 bits per heavy atom. The van der Waals surface area contributed by atoms with Crippen LogP contribution >= 0.6 is 11.6 Å². The number of rotatable bonds is 6. The Bertz CT molecular complexity index is 924. The van der Waals surface area contributed by atoms with Gasteiger partial charge in [0.2, 0.25) is 5.24 Å². The molecular weight excluding hydrogens is 372 g/mol. The van der Waals surface area contributed by atoms with Crippen molar-refractivity contribution in [2.45, 2.75) is 6.61 Å². The van der Waals surface area contributed by atoms with Gasteiger partial charge in [-0.1, -0.05) is 35.5 Å². The third-order valence-electron chi connectivity index (χ3n) is 3.94. The molecule has 2 aromatic rings. The Morgan fingerprint density at radius 3 is 2.48 bits per heavy atom. The molecule has 3 rings (SSSR count). The zero-order valence-electron chi connectivity index (χ0n) is 14.3. The molecule has 1 amide bonds. The number of esters is 1. The number of hydrogen-bond donors (Lipinski definition) is 0. The SMILES string of the molecule is COC(=O)c1ccc(CO/N=C2/C(=O)N(CC(=O)Cl)c3ccccc32)cc1. The van der Waals surface area contributed by atoms with Gasteiger partial charge in [0.15, 0.2) is 5.71 Å². The minimum Gasteiger partial charge on any atom is -0.465 e. The molecule has 27 heavy (non-hydrogen) atoms. The summed E-state index contributed by atoms with van der Waals surface area (Å²) < 4.78 is 4.64. The molecule has 0 saturated heterocycles. The van der Waals surface area contributed by atoms with E-state index in [0.29, 0.717) is 16.8 Å². The van der Waals surface area contributed by atoms with Crippen LogP contribution in [0.25, 0.3) is 0 Å². The van der Waals surface area contributed by atoms with Crippen LogP contribution in [-0.4, -0.2) is 36.5 Å². The van der Waals surface area contributed by atoms with Gasteiger partial charge in [0.25, 0.3) is 5.91 Å². The highest BCUT2D eigenvalue weighted by atomic mass is 35.5. The number of amides is 1. The number of halogens is 1. The van der Waals surface area contributed by atoms with E-state index in [1.54, 1.807) is 48.5 Å². The van der Waals surface area contributed by atoms with Gasteiger partial charge in [0.05, 0.1) is 18.4 Å². The third kappa shape index (κ3) is 3.98. The molecule has 0 unspecified atom stereocenters. The summed E-state index contributed by atoms with van der Waals surface area (Å²) >= 11 is 5.43. The molecule has 8 heteroatoms. The fourth-order valence-corrected chi connectivity index (χ4v) is 2.78. The lowest BCUT2D eigenvalue weighted by atomic mass is 10.1. The van der Waals surface area contributed by atoms with E-state index >= 15 is 0 Å². The number of methoxy groups -OCH3 is 1. The maximum absolute atomic E-state index is 12.5. The minimum atomic E-state index is -0.647. The number of fused-ring (bicyclic) bond motifs is 1. The second-order valence-electron chi connectivity index (χ2n) is 5.67. The van der Waals surface area contributed by atoms with Gasteiger partial charge in [0.1, 0.15) is 13.2 Å². The zero-order chi connectivity index (χ0) is 19.4. The van der Waals surface area contributed by atoms with E-state index in [1.807, 2.05) is 0 Å². The lowest BCUT2D eigenvalue weighted by molar-refractivity contribution is -0.115. The van der Waals surface area contributed by atoms with Crippen molar-refractivity contribution >= 4 is 40.1 Å². The largest absolute Gasteiger partial charge is 0.465 e. The number of para-hydroxylation sites is 1. The number of nitrogens with zero attached hydrogens (tertiary/aromatic N) is 2. The quantitative estimate of drug-likeness (QED) is 0.432. The first kappa shape index (κ1) is 18.6. The molecule has 0 spiro atoms. The van der Waals surface area contributed by atoms with Crippen molar-refractivity contribution in [3.63, 3.8) is 0 Å². The van der Waals surface area contributed by atoms with Gasteiger partial charge < -0.3 is 9.57 Å². The van der Waals surface area contributed by atoms with E-state index in [1.165, 1.54) is 12.0 Å². The predicted octanol–water partition coefficient (Wildman–Crippen LogP) is 2.51. The molecule has 7 nitrogen and oxygen atoms in total. The van der Waals surface area contributed by atoms with Gasteiger partial charge in [-0.3, -0.25) is 14.5 Å². The molecule has 1 aliphatic heterocycles. The topological polar surface area (TPSA) is 85.3 Å². The number of ether oxygens (including phenoxy) is 1. The van der Waals surface area contributed by atoms with E-state index < -0.39 is 17.1 Å². The van der Waals surface area contributed by atoms with Crippen LogP contribution in [0.15, 0.2) is 53.7 Å². The van der Waals surface area contributed by atoms with Gasteiger partial charge in [-0.05, 0) is 35.4 Å². The van der Waals surface area contributed by atoms with Crippen molar-refractivity contribution in [3.05, 3.63) is 65.2 Å². The number of carbonyl (C=O) groups excluding carboxylic acids is 3. The van der Waals surface area contributed by atoms with Crippen molar-refractivity contribution in [2.75, 3.05) is 18.6 Å². The molecule has 0 bridgehead atoms. The Kier molecular flexibility index (Phi) is 5.52. The van der Waals surface area contributed by atoms with Crippen molar-refractivity contribution in [2.24, 2.45) is 5.16 Å². The molecule has 138 valence electrons. The van der Waals surface area contributed by atoms with Crippen LogP contribution in [0.1, 0.15) is 21.5 Å². The van der Waals surface area contributed by atoms with E-state index in [-0.39, 0.29) is 18.9 Å². The summed E-state index contributed by atoms with van der Waals surface area (Å²) in [6.07, 6.45) is 0. The molecule has 1 heterocycles. The molecule has 0 aromatic heterocycles. The smallest absolute Gasteiger partial charge is 0.337 e. The lowest BCUT2D eigenvalue weighted by Gasteiger charge is -2.13. The predicted molar refractivity (Wildman–Crippen MR) is 98.8 cm³/mol.